The van der Waals surface area contributed by atoms with Crippen molar-refractivity contribution >= 4 is 22.6 Å². The molecular weight excluding hydrogens is 343 g/mol. The lowest BCUT2D eigenvalue weighted by Crippen LogP contribution is -2.14. The first kappa shape index (κ1) is 13.2. The molecule has 0 aliphatic carbocycles. The number of methoxy groups -OCH3 is 1. The first-order chi connectivity index (χ1) is 8.61. The summed E-state index contributed by atoms with van der Waals surface area (Å²) in [4.78, 5) is 18.9. The van der Waals surface area contributed by atoms with E-state index in [0.29, 0.717) is 16.0 Å². The molecule has 18 heavy (non-hydrogen) atoms. The Labute approximate surface area is 119 Å². The summed E-state index contributed by atoms with van der Waals surface area (Å²) in [5, 5.41) is 0. The fraction of sp³-hybridized carbons (Fsp3) is 0.231. The SMILES string of the molecule is COCc1cccc(-c2nc(C)c(I)c(=O)[nH]2)c1. The predicted octanol–water partition coefficient (Wildman–Crippen LogP) is 2.50. The van der Waals surface area contributed by atoms with Crippen molar-refractivity contribution in [3.63, 3.8) is 0 Å². The van der Waals surface area contributed by atoms with E-state index in [1.807, 2.05) is 53.8 Å². The van der Waals surface area contributed by atoms with Gasteiger partial charge in [0, 0.05) is 12.7 Å². The molecular formula is C13H13IN2O2. The zero-order valence-electron chi connectivity index (χ0n) is 10.2. The van der Waals surface area contributed by atoms with E-state index in [4.69, 9.17) is 4.74 Å². The molecule has 0 saturated heterocycles. The van der Waals surface area contributed by atoms with Gasteiger partial charge >= 0.3 is 0 Å². The predicted molar refractivity (Wildman–Crippen MR) is 78.5 cm³/mol. The summed E-state index contributed by atoms with van der Waals surface area (Å²) >= 11 is 2.00. The number of aryl methyl sites for hydroxylation is 1. The molecule has 1 heterocycles. The number of halogens is 1. The Balaban J connectivity index is 2.48. The van der Waals surface area contributed by atoms with Crippen LogP contribution in [0.1, 0.15) is 11.3 Å². The third kappa shape index (κ3) is 2.78. The van der Waals surface area contributed by atoms with Crippen molar-refractivity contribution in [1.82, 2.24) is 9.97 Å². The van der Waals surface area contributed by atoms with Crippen molar-refractivity contribution in [2.24, 2.45) is 0 Å². The molecule has 2 aromatic rings. The normalized spacial score (nSPS) is 10.6. The van der Waals surface area contributed by atoms with Crippen LogP contribution in [0, 0.1) is 10.5 Å². The average molecular weight is 356 g/mol. The van der Waals surface area contributed by atoms with Gasteiger partial charge in [-0.2, -0.15) is 0 Å². The van der Waals surface area contributed by atoms with Crippen LogP contribution in [0.25, 0.3) is 11.4 Å². The number of aromatic amines is 1. The zero-order chi connectivity index (χ0) is 13.1. The average Bonchev–Trinajstić information content (AvgIpc) is 2.36. The maximum atomic E-state index is 11.7. The largest absolute Gasteiger partial charge is 0.380 e. The van der Waals surface area contributed by atoms with Crippen LogP contribution in [0.3, 0.4) is 0 Å². The van der Waals surface area contributed by atoms with Gasteiger partial charge in [0.25, 0.3) is 5.56 Å². The minimum Gasteiger partial charge on any atom is -0.380 e. The zero-order valence-corrected chi connectivity index (χ0v) is 12.3. The fourth-order valence-corrected chi connectivity index (χ4v) is 1.94. The summed E-state index contributed by atoms with van der Waals surface area (Å²) in [7, 11) is 1.65. The van der Waals surface area contributed by atoms with E-state index < -0.39 is 0 Å². The van der Waals surface area contributed by atoms with Gasteiger partial charge in [0.1, 0.15) is 5.82 Å². The number of aromatic nitrogens is 2. The summed E-state index contributed by atoms with van der Waals surface area (Å²) in [6.45, 7) is 2.38. The molecule has 0 aliphatic rings. The van der Waals surface area contributed by atoms with Crippen LogP contribution in [-0.2, 0) is 11.3 Å². The van der Waals surface area contributed by atoms with Gasteiger partial charge in [-0.3, -0.25) is 4.79 Å². The maximum Gasteiger partial charge on any atom is 0.264 e. The number of rotatable bonds is 3. The lowest BCUT2D eigenvalue weighted by atomic mass is 10.1. The number of nitrogens with zero attached hydrogens (tertiary/aromatic N) is 1. The second kappa shape index (κ2) is 5.62. The smallest absolute Gasteiger partial charge is 0.264 e. The Morgan fingerprint density at radius 2 is 2.22 bits per heavy atom. The van der Waals surface area contributed by atoms with E-state index in [9.17, 15) is 4.79 Å². The number of ether oxygens (including phenoxy) is 1. The van der Waals surface area contributed by atoms with Gasteiger partial charge < -0.3 is 9.72 Å². The molecule has 4 nitrogen and oxygen atoms in total. The number of nitrogens with one attached hydrogen (secondary N) is 1. The monoisotopic (exact) mass is 356 g/mol. The van der Waals surface area contributed by atoms with E-state index >= 15 is 0 Å². The summed E-state index contributed by atoms with van der Waals surface area (Å²) < 4.78 is 5.72. The first-order valence-corrected chi connectivity index (χ1v) is 6.54. The van der Waals surface area contributed by atoms with Crippen LogP contribution < -0.4 is 5.56 Å². The van der Waals surface area contributed by atoms with Crippen LogP contribution in [-0.4, -0.2) is 17.1 Å². The van der Waals surface area contributed by atoms with E-state index in [1.54, 1.807) is 7.11 Å². The molecule has 0 spiro atoms. The van der Waals surface area contributed by atoms with Gasteiger partial charge in [0.15, 0.2) is 0 Å². The Hall–Kier alpha value is -1.21. The molecule has 2 rings (SSSR count). The molecule has 0 saturated carbocycles. The Kier molecular flexibility index (Phi) is 4.13. The highest BCUT2D eigenvalue weighted by Gasteiger charge is 2.07. The highest BCUT2D eigenvalue weighted by molar-refractivity contribution is 14.1. The minimum absolute atomic E-state index is 0.102. The van der Waals surface area contributed by atoms with Crippen LogP contribution in [0.2, 0.25) is 0 Å². The molecule has 0 atom stereocenters. The van der Waals surface area contributed by atoms with Gasteiger partial charge in [0.2, 0.25) is 0 Å². The number of hydrogen-bond acceptors (Lipinski definition) is 3. The molecule has 0 unspecified atom stereocenters. The highest BCUT2D eigenvalue weighted by Crippen LogP contribution is 2.17. The van der Waals surface area contributed by atoms with Crippen molar-refractivity contribution in [3.05, 3.63) is 49.4 Å². The summed E-state index contributed by atoms with van der Waals surface area (Å²) in [6.07, 6.45) is 0. The lowest BCUT2D eigenvalue weighted by molar-refractivity contribution is 0.185. The maximum absolute atomic E-state index is 11.7. The highest BCUT2D eigenvalue weighted by atomic mass is 127. The molecule has 5 heteroatoms. The molecule has 0 radical (unpaired) electrons. The summed E-state index contributed by atoms with van der Waals surface area (Å²) in [5.74, 6) is 0.593. The van der Waals surface area contributed by atoms with Crippen LogP contribution >= 0.6 is 22.6 Å². The van der Waals surface area contributed by atoms with E-state index in [0.717, 1.165) is 16.8 Å². The summed E-state index contributed by atoms with van der Waals surface area (Å²) in [6, 6.07) is 7.79. The molecule has 1 N–H and O–H groups in total. The Morgan fingerprint density at radius 1 is 1.44 bits per heavy atom. The van der Waals surface area contributed by atoms with Crippen molar-refractivity contribution in [1.29, 1.82) is 0 Å². The van der Waals surface area contributed by atoms with Gasteiger partial charge in [-0.25, -0.2) is 4.98 Å². The van der Waals surface area contributed by atoms with Gasteiger partial charge in [-0.1, -0.05) is 18.2 Å². The van der Waals surface area contributed by atoms with Crippen molar-refractivity contribution in [2.75, 3.05) is 7.11 Å². The summed E-state index contributed by atoms with van der Waals surface area (Å²) in [5.41, 5.74) is 2.58. The Morgan fingerprint density at radius 3 is 2.89 bits per heavy atom. The quantitative estimate of drug-likeness (QED) is 0.860. The van der Waals surface area contributed by atoms with Crippen LogP contribution in [0.4, 0.5) is 0 Å². The second-order valence-corrected chi connectivity index (χ2v) is 5.03. The minimum atomic E-state index is -0.102. The van der Waals surface area contributed by atoms with Gasteiger partial charge in [0.05, 0.1) is 15.9 Å². The van der Waals surface area contributed by atoms with Gasteiger partial charge in [-0.05, 0) is 41.1 Å². The molecule has 0 amide bonds. The number of benzene rings is 1. The first-order valence-electron chi connectivity index (χ1n) is 5.46. The molecule has 0 aliphatic heterocycles. The third-order valence-corrected chi connectivity index (χ3v) is 3.81. The van der Waals surface area contributed by atoms with E-state index in [1.165, 1.54) is 0 Å². The van der Waals surface area contributed by atoms with Gasteiger partial charge in [-0.15, -0.1) is 0 Å². The fourth-order valence-electron chi connectivity index (χ4n) is 1.68. The number of hydrogen-bond donors (Lipinski definition) is 1. The molecule has 0 fully saturated rings. The Bertz CT molecular complexity index is 623. The molecule has 94 valence electrons. The van der Waals surface area contributed by atoms with Crippen molar-refractivity contribution < 1.29 is 4.74 Å². The van der Waals surface area contributed by atoms with Crippen molar-refractivity contribution in [2.45, 2.75) is 13.5 Å². The lowest BCUT2D eigenvalue weighted by Gasteiger charge is -2.06. The second-order valence-electron chi connectivity index (χ2n) is 3.95. The topological polar surface area (TPSA) is 55.0 Å². The number of H-pyrrole nitrogens is 1. The van der Waals surface area contributed by atoms with Crippen LogP contribution in [0.5, 0.6) is 0 Å². The van der Waals surface area contributed by atoms with E-state index in [2.05, 4.69) is 9.97 Å². The van der Waals surface area contributed by atoms with Crippen molar-refractivity contribution in [3.8, 4) is 11.4 Å². The molecule has 0 bridgehead atoms. The third-order valence-electron chi connectivity index (χ3n) is 2.54. The molecule has 1 aromatic heterocycles. The van der Waals surface area contributed by atoms with Crippen LogP contribution in [0.15, 0.2) is 29.1 Å². The molecule has 1 aromatic carbocycles. The standard InChI is InChI=1S/C13H13IN2O2/c1-8-11(14)13(17)16-12(15-8)10-5-3-4-9(6-10)7-18-2/h3-6H,7H2,1-2H3,(H,15,16,17). The van der Waals surface area contributed by atoms with E-state index in [-0.39, 0.29) is 5.56 Å².